The molecule has 15 heavy (non-hydrogen) atoms. The van der Waals surface area contributed by atoms with Crippen molar-refractivity contribution in [3.63, 3.8) is 0 Å². The van der Waals surface area contributed by atoms with Gasteiger partial charge in [-0.1, -0.05) is 15.9 Å². The van der Waals surface area contributed by atoms with Crippen molar-refractivity contribution >= 4 is 33.4 Å². The van der Waals surface area contributed by atoms with E-state index in [4.69, 9.17) is 11.6 Å². The molecule has 4 heteroatoms. The average Bonchev–Trinajstić information content (AvgIpc) is 2.16. The first kappa shape index (κ1) is 12.5. The summed E-state index contributed by atoms with van der Waals surface area (Å²) >= 11 is 8.88. The number of carbonyl (C=O) groups excluding carboxylic acids is 1. The zero-order valence-electron chi connectivity index (χ0n) is 8.52. The maximum absolute atomic E-state index is 11.6. The van der Waals surface area contributed by atoms with Gasteiger partial charge >= 0.3 is 0 Å². The number of hydrogen-bond donors (Lipinski definition) is 1. The van der Waals surface area contributed by atoms with E-state index >= 15 is 0 Å². The second-order valence-corrected chi connectivity index (χ2v) is 4.61. The van der Waals surface area contributed by atoms with Crippen LogP contribution in [-0.4, -0.2) is 18.3 Å². The first-order valence-corrected chi connectivity index (χ1v) is 6.07. The Labute approximate surface area is 103 Å². The van der Waals surface area contributed by atoms with Crippen LogP contribution in [0, 0.1) is 6.92 Å². The topological polar surface area (TPSA) is 29.1 Å². The second-order valence-electron chi connectivity index (χ2n) is 3.32. The fourth-order valence-corrected chi connectivity index (χ4v) is 1.98. The second kappa shape index (κ2) is 6.13. The molecule has 1 rings (SSSR count). The SMILES string of the molecule is Cc1cc(Br)cc(C(=O)NCCCCl)c1. The number of aryl methyl sites for hydroxylation is 1. The first-order chi connectivity index (χ1) is 7.13. The lowest BCUT2D eigenvalue weighted by Crippen LogP contribution is -2.24. The van der Waals surface area contributed by atoms with E-state index in [1.165, 1.54) is 0 Å². The Morgan fingerprint density at radius 2 is 2.20 bits per heavy atom. The number of alkyl halides is 1. The number of amides is 1. The van der Waals surface area contributed by atoms with Crippen molar-refractivity contribution in [2.75, 3.05) is 12.4 Å². The average molecular weight is 291 g/mol. The zero-order chi connectivity index (χ0) is 11.3. The van der Waals surface area contributed by atoms with Crippen molar-refractivity contribution in [3.8, 4) is 0 Å². The largest absolute Gasteiger partial charge is 0.352 e. The third-order valence-corrected chi connectivity index (χ3v) is 2.63. The van der Waals surface area contributed by atoms with E-state index < -0.39 is 0 Å². The quantitative estimate of drug-likeness (QED) is 0.670. The minimum Gasteiger partial charge on any atom is -0.352 e. The van der Waals surface area contributed by atoms with E-state index in [0.717, 1.165) is 16.5 Å². The third-order valence-electron chi connectivity index (χ3n) is 1.90. The molecule has 0 aliphatic rings. The van der Waals surface area contributed by atoms with E-state index in [2.05, 4.69) is 21.2 Å². The van der Waals surface area contributed by atoms with Crippen molar-refractivity contribution in [2.45, 2.75) is 13.3 Å². The van der Waals surface area contributed by atoms with Crippen LogP contribution in [-0.2, 0) is 0 Å². The van der Waals surface area contributed by atoms with Crippen LogP contribution in [0.3, 0.4) is 0 Å². The van der Waals surface area contributed by atoms with Crippen molar-refractivity contribution in [1.29, 1.82) is 0 Å². The van der Waals surface area contributed by atoms with Gasteiger partial charge in [0.2, 0.25) is 0 Å². The summed E-state index contributed by atoms with van der Waals surface area (Å²) in [7, 11) is 0. The van der Waals surface area contributed by atoms with Gasteiger partial charge in [0.25, 0.3) is 5.91 Å². The predicted molar refractivity (Wildman–Crippen MR) is 66.5 cm³/mol. The molecule has 0 unspecified atom stereocenters. The molecule has 0 aromatic heterocycles. The molecule has 0 atom stereocenters. The molecule has 0 saturated carbocycles. The van der Waals surface area contributed by atoms with Crippen molar-refractivity contribution < 1.29 is 4.79 Å². The van der Waals surface area contributed by atoms with Crippen LogP contribution >= 0.6 is 27.5 Å². The van der Waals surface area contributed by atoms with Gasteiger partial charge in [0, 0.05) is 22.5 Å². The first-order valence-electron chi connectivity index (χ1n) is 4.75. The van der Waals surface area contributed by atoms with Crippen LogP contribution in [0.5, 0.6) is 0 Å². The Hall–Kier alpha value is -0.540. The summed E-state index contributed by atoms with van der Waals surface area (Å²) in [5.41, 5.74) is 1.74. The predicted octanol–water partition coefficient (Wildman–Crippen LogP) is 3.12. The number of rotatable bonds is 4. The fraction of sp³-hybridized carbons (Fsp3) is 0.364. The molecule has 0 spiro atoms. The van der Waals surface area contributed by atoms with E-state index in [1.807, 2.05) is 25.1 Å². The van der Waals surface area contributed by atoms with Crippen molar-refractivity contribution in [2.24, 2.45) is 0 Å². The summed E-state index contributed by atoms with van der Waals surface area (Å²) < 4.78 is 0.921. The molecular weight excluding hydrogens is 277 g/mol. The Morgan fingerprint density at radius 1 is 1.47 bits per heavy atom. The maximum Gasteiger partial charge on any atom is 0.251 e. The van der Waals surface area contributed by atoms with Gasteiger partial charge in [0.1, 0.15) is 0 Å². The smallest absolute Gasteiger partial charge is 0.251 e. The Kier molecular flexibility index (Phi) is 5.12. The summed E-state index contributed by atoms with van der Waals surface area (Å²) in [6, 6.07) is 5.64. The molecular formula is C11H13BrClNO. The molecule has 0 aliphatic carbocycles. The van der Waals surface area contributed by atoms with E-state index in [9.17, 15) is 4.79 Å². The molecule has 1 amide bonds. The number of benzene rings is 1. The molecule has 0 radical (unpaired) electrons. The molecule has 1 N–H and O–H groups in total. The molecule has 0 fully saturated rings. The van der Waals surface area contributed by atoms with Gasteiger partial charge in [-0.2, -0.15) is 0 Å². The zero-order valence-corrected chi connectivity index (χ0v) is 10.9. The van der Waals surface area contributed by atoms with Crippen LogP contribution in [0.1, 0.15) is 22.3 Å². The van der Waals surface area contributed by atoms with Crippen LogP contribution in [0.25, 0.3) is 0 Å². The fourth-order valence-electron chi connectivity index (χ4n) is 1.24. The Balaban J connectivity index is 2.65. The lowest BCUT2D eigenvalue weighted by Gasteiger charge is -2.05. The van der Waals surface area contributed by atoms with Crippen LogP contribution in [0.15, 0.2) is 22.7 Å². The van der Waals surface area contributed by atoms with Gasteiger partial charge in [-0.3, -0.25) is 4.79 Å². The maximum atomic E-state index is 11.6. The minimum atomic E-state index is -0.0514. The van der Waals surface area contributed by atoms with Crippen LogP contribution in [0.4, 0.5) is 0 Å². The van der Waals surface area contributed by atoms with Crippen LogP contribution < -0.4 is 5.32 Å². The summed E-state index contributed by atoms with van der Waals surface area (Å²) in [6.07, 6.45) is 0.792. The number of halogens is 2. The van der Waals surface area contributed by atoms with Crippen LogP contribution in [0.2, 0.25) is 0 Å². The lowest BCUT2D eigenvalue weighted by molar-refractivity contribution is 0.0953. The number of nitrogens with one attached hydrogen (secondary N) is 1. The third kappa shape index (κ3) is 4.22. The summed E-state index contributed by atoms with van der Waals surface area (Å²) in [5.74, 6) is 0.516. The summed E-state index contributed by atoms with van der Waals surface area (Å²) in [4.78, 5) is 11.6. The van der Waals surface area contributed by atoms with Gasteiger partial charge in [-0.25, -0.2) is 0 Å². The lowest BCUT2D eigenvalue weighted by atomic mass is 10.1. The summed E-state index contributed by atoms with van der Waals surface area (Å²) in [5, 5.41) is 2.81. The Morgan fingerprint density at radius 3 is 2.80 bits per heavy atom. The summed E-state index contributed by atoms with van der Waals surface area (Å²) in [6.45, 7) is 2.58. The highest BCUT2D eigenvalue weighted by Gasteiger charge is 2.05. The normalized spacial score (nSPS) is 10.1. The molecule has 82 valence electrons. The van der Waals surface area contributed by atoms with Gasteiger partial charge < -0.3 is 5.32 Å². The molecule has 0 saturated heterocycles. The molecule has 0 aliphatic heterocycles. The molecule has 0 bridgehead atoms. The monoisotopic (exact) mass is 289 g/mol. The van der Waals surface area contributed by atoms with Crippen molar-refractivity contribution in [3.05, 3.63) is 33.8 Å². The van der Waals surface area contributed by atoms with Crippen molar-refractivity contribution in [1.82, 2.24) is 5.32 Å². The van der Waals surface area contributed by atoms with E-state index in [0.29, 0.717) is 18.0 Å². The molecule has 1 aromatic rings. The van der Waals surface area contributed by atoms with Gasteiger partial charge in [0.05, 0.1) is 0 Å². The minimum absolute atomic E-state index is 0.0514. The highest BCUT2D eigenvalue weighted by molar-refractivity contribution is 9.10. The molecule has 0 heterocycles. The molecule has 1 aromatic carbocycles. The highest BCUT2D eigenvalue weighted by Crippen LogP contribution is 2.15. The highest BCUT2D eigenvalue weighted by atomic mass is 79.9. The van der Waals surface area contributed by atoms with E-state index in [1.54, 1.807) is 0 Å². The van der Waals surface area contributed by atoms with Gasteiger partial charge in [-0.15, -0.1) is 11.6 Å². The Bertz CT molecular complexity index is 334. The molecule has 2 nitrogen and oxygen atoms in total. The number of hydrogen-bond acceptors (Lipinski definition) is 1. The standard InChI is InChI=1S/C11H13BrClNO/c1-8-5-9(7-10(12)6-8)11(15)14-4-2-3-13/h5-7H,2-4H2,1H3,(H,14,15). The van der Waals surface area contributed by atoms with E-state index in [-0.39, 0.29) is 5.91 Å². The van der Waals surface area contributed by atoms with Gasteiger partial charge in [-0.05, 0) is 37.1 Å². The number of carbonyl (C=O) groups is 1. The van der Waals surface area contributed by atoms with Gasteiger partial charge in [0.15, 0.2) is 0 Å².